The van der Waals surface area contributed by atoms with Crippen LogP contribution in [0.2, 0.25) is 0 Å². The summed E-state index contributed by atoms with van der Waals surface area (Å²) < 4.78 is 2.19. The topological polar surface area (TPSA) is 75.6 Å². The number of aromatic nitrogens is 4. The molecule has 0 bridgehead atoms. The summed E-state index contributed by atoms with van der Waals surface area (Å²) in [4.78, 5) is 15.6. The van der Waals surface area contributed by atoms with Gasteiger partial charge in [0.1, 0.15) is 0 Å². The number of hydrogen-bond donors (Lipinski definition) is 2. The average molecular weight is 389 g/mol. The van der Waals surface area contributed by atoms with Crippen LogP contribution < -0.4 is 5.32 Å². The van der Waals surface area contributed by atoms with Crippen molar-refractivity contribution in [2.45, 2.75) is 24.0 Å². The molecule has 2 heterocycles. The van der Waals surface area contributed by atoms with Crippen molar-refractivity contribution in [2.75, 3.05) is 11.1 Å². The molecular weight excluding hydrogens is 370 g/mol. The first kappa shape index (κ1) is 17.1. The van der Waals surface area contributed by atoms with Gasteiger partial charge in [-0.1, -0.05) is 48.2 Å². The van der Waals surface area contributed by atoms with Crippen molar-refractivity contribution in [3.05, 3.63) is 60.8 Å². The number of carbonyl (C=O) groups is 1. The van der Waals surface area contributed by atoms with Gasteiger partial charge in [-0.15, -0.1) is 10.2 Å². The van der Waals surface area contributed by atoms with Crippen molar-refractivity contribution >= 4 is 34.3 Å². The van der Waals surface area contributed by atoms with E-state index < -0.39 is 0 Å². The lowest BCUT2D eigenvalue weighted by molar-refractivity contribution is -0.113. The standard InChI is InChI=1S/C21H19N5OS/c27-19(23-14-6-2-1-3-7-14)13-28-21-25-24-20(26(21)15-10-11-15)17-12-22-18-9-5-4-8-16(17)18/h1-9,12,15,22H,10-11,13H2,(H,23,27). The van der Waals surface area contributed by atoms with Crippen LogP contribution >= 0.6 is 11.8 Å². The Balaban J connectivity index is 1.38. The predicted octanol–water partition coefficient (Wildman–Crippen LogP) is 4.49. The van der Waals surface area contributed by atoms with E-state index in [1.54, 1.807) is 0 Å². The molecule has 0 aliphatic heterocycles. The second kappa shape index (κ2) is 7.16. The molecule has 0 saturated heterocycles. The molecule has 0 spiro atoms. The van der Waals surface area contributed by atoms with Gasteiger partial charge < -0.3 is 10.3 Å². The summed E-state index contributed by atoms with van der Waals surface area (Å²) in [5.41, 5.74) is 2.94. The number of benzene rings is 2. The van der Waals surface area contributed by atoms with Crippen molar-refractivity contribution in [1.82, 2.24) is 19.7 Å². The van der Waals surface area contributed by atoms with Crippen molar-refractivity contribution in [3.8, 4) is 11.4 Å². The zero-order valence-corrected chi connectivity index (χ0v) is 15.9. The molecular formula is C21H19N5OS. The Hall–Kier alpha value is -3.06. The molecule has 6 nitrogen and oxygen atoms in total. The van der Waals surface area contributed by atoms with Gasteiger partial charge in [-0.3, -0.25) is 9.36 Å². The molecule has 2 aromatic carbocycles. The molecule has 0 atom stereocenters. The lowest BCUT2D eigenvalue weighted by atomic mass is 10.1. The number of anilines is 1. The Morgan fingerprint density at radius 1 is 1.11 bits per heavy atom. The fraction of sp³-hybridized carbons (Fsp3) is 0.190. The van der Waals surface area contributed by atoms with Crippen molar-refractivity contribution in [2.24, 2.45) is 0 Å². The fourth-order valence-corrected chi connectivity index (χ4v) is 4.13. The second-order valence-corrected chi connectivity index (χ2v) is 7.80. The summed E-state index contributed by atoms with van der Waals surface area (Å²) >= 11 is 1.43. The highest BCUT2D eigenvalue weighted by Crippen LogP contribution is 2.42. The Morgan fingerprint density at radius 2 is 1.89 bits per heavy atom. The first-order valence-corrected chi connectivity index (χ1v) is 10.3. The normalized spacial score (nSPS) is 13.7. The molecule has 4 aromatic rings. The number of hydrogen-bond acceptors (Lipinski definition) is 4. The van der Waals surface area contributed by atoms with E-state index in [9.17, 15) is 4.79 Å². The van der Waals surface area contributed by atoms with Gasteiger partial charge in [-0.25, -0.2) is 0 Å². The van der Waals surface area contributed by atoms with Crippen molar-refractivity contribution < 1.29 is 4.79 Å². The van der Waals surface area contributed by atoms with Gasteiger partial charge >= 0.3 is 0 Å². The van der Waals surface area contributed by atoms with Gasteiger partial charge in [0.15, 0.2) is 11.0 Å². The lowest BCUT2D eigenvalue weighted by Crippen LogP contribution is -2.14. The summed E-state index contributed by atoms with van der Waals surface area (Å²) in [5.74, 6) is 1.12. The third-order valence-corrected chi connectivity index (χ3v) is 5.74. The maximum atomic E-state index is 12.3. The van der Waals surface area contributed by atoms with Crippen LogP contribution in [0.4, 0.5) is 5.69 Å². The molecule has 7 heteroatoms. The second-order valence-electron chi connectivity index (χ2n) is 6.86. The first-order valence-electron chi connectivity index (χ1n) is 9.28. The number of aromatic amines is 1. The molecule has 1 aliphatic carbocycles. The van der Waals surface area contributed by atoms with Gasteiger partial charge in [-0.05, 0) is 31.0 Å². The predicted molar refractivity (Wildman–Crippen MR) is 111 cm³/mol. The van der Waals surface area contributed by atoms with E-state index in [2.05, 4.69) is 37.2 Å². The highest BCUT2D eigenvalue weighted by atomic mass is 32.2. The molecule has 140 valence electrons. The molecule has 1 amide bonds. The highest BCUT2D eigenvalue weighted by molar-refractivity contribution is 7.99. The molecule has 28 heavy (non-hydrogen) atoms. The molecule has 0 radical (unpaired) electrons. The quantitative estimate of drug-likeness (QED) is 0.476. The number of H-pyrrole nitrogens is 1. The minimum absolute atomic E-state index is 0.0461. The van der Waals surface area contributed by atoms with Gasteiger partial charge in [0, 0.05) is 34.4 Å². The number of para-hydroxylation sites is 2. The zero-order valence-electron chi connectivity index (χ0n) is 15.1. The molecule has 2 N–H and O–H groups in total. The van der Waals surface area contributed by atoms with Crippen LogP contribution in [0.25, 0.3) is 22.3 Å². The number of amides is 1. The number of rotatable bonds is 6. The van der Waals surface area contributed by atoms with Crippen LogP contribution in [0, 0.1) is 0 Å². The third kappa shape index (κ3) is 3.29. The zero-order chi connectivity index (χ0) is 18.9. The minimum atomic E-state index is -0.0461. The number of carbonyl (C=O) groups excluding carboxylic acids is 1. The fourth-order valence-electron chi connectivity index (χ4n) is 3.33. The van der Waals surface area contributed by atoms with Crippen LogP contribution in [-0.2, 0) is 4.79 Å². The van der Waals surface area contributed by atoms with Crippen molar-refractivity contribution in [1.29, 1.82) is 0 Å². The van der Waals surface area contributed by atoms with Crippen LogP contribution in [-0.4, -0.2) is 31.4 Å². The van der Waals surface area contributed by atoms with Crippen LogP contribution in [0.15, 0.2) is 66.0 Å². The van der Waals surface area contributed by atoms with Crippen molar-refractivity contribution in [3.63, 3.8) is 0 Å². The van der Waals surface area contributed by atoms with E-state index in [4.69, 9.17) is 0 Å². The number of thioether (sulfide) groups is 1. The van der Waals surface area contributed by atoms with E-state index in [-0.39, 0.29) is 5.91 Å². The third-order valence-electron chi connectivity index (χ3n) is 4.80. The van der Waals surface area contributed by atoms with E-state index in [0.29, 0.717) is 11.8 Å². The summed E-state index contributed by atoms with van der Waals surface area (Å²) in [5, 5.41) is 13.7. The molecule has 5 rings (SSSR count). The maximum Gasteiger partial charge on any atom is 0.234 e. The largest absolute Gasteiger partial charge is 0.360 e. The Morgan fingerprint density at radius 3 is 2.71 bits per heavy atom. The molecule has 0 unspecified atom stereocenters. The van der Waals surface area contributed by atoms with Gasteiger partial charge in [0.05, 0.1) is 5.75 Å². The smallest absolute Gasteiger partial charge is 0.234 e. The summed E-state index contributed by atoms with van der Waals surface area (Å²) in [6, 6.07) is 18.1. The molecule has 1 saturated carbocycles. The summed E-state index contributed by atoms with van der Waals surface area (Å²) in [7, 11) is 0. The van der Waals surface area contributed by atoms with Gasteiger partial charge in [0.25, 0.3) is 0 Å². The number of nitrogens with one attached hydrogen (secondary N) is 2. The monoisotopic (exact) mass is 389 g/mol. The van der Waals surface area contributed by atoms with E-state index in [0.717, 1.165) is 46.0 Å². The highest BCUT2D eigenvalue weighted by Gasteiger charge is 2.31. The van der Waals surface area contributed by atoms with E-state index in [1.165, 1.54) is 11.8 Å². The first-order chi connectivity index (χ1) is 13.8. The maximum absolute atomic E-state index is 12.3. The Kier molecular flexibility index (Phi) is 4.37. The minimum Gasteiger partial charge on any atom is -0.360 e. The molecule has 2 aromatic heterocycles. The van der Waals surface area contributed by atoms with Gasteiger partial charge in [-0.2, -0.15) is 0 Å². The van der Waals surface area contributed by atoms with Crippen LogP contribution in [0.5, 0.6) is 0 Å². The Labute approximate surface area is 166 Å². The van der Waals surface area contributed by atoms with E-state index in [1.807, 2.05) is 48.7 Å². The Bertz CT molecular complexity index is 1130. The summed E-state index contributed by atoms with van der Waals surface area (Å²) in [6.45, 7) is 0. The van der Waals surface area contributed by atoms with E-state index >= 15 is 0 Å². The molecule has 1 aliphatic rings. The summed E-state index contributed by atoms with van der Waals surface area (Å²) in [6.07, 6.45) is 4.23. The number of nitrogens with zero attached hydrogens (tertiary/aromatic N) is 3. The lowest BCUT2D eigenvalue weighted by Gasteiger charge is -2.08. The molecule has 1 fully saturated rings. The SMILES string of the molecule is O=C(CSc1nnc(-c2c[nH]c3ccccc23)n1C1CC1)Nc1ccccc1. The average Bonchev–Trinajstić information content (AvgIpc) is 3.33. The van der Waals surface area contributed by atoms with Crippen LogP contribution in [0.1, 0.15) is 18.9 Å². The van der Waals surface area contributed by atoms with Gasteiger partial charge in [0.2, 0.25) is 5.91 Å². The van der Waals surface area contributed by atoms with Crippen LogP contribution in [0.3, 0.4) is 0 Å². The number of fused-ring (bicyclic) bond motifs is 1.